The van der Waals surface area contributed by atoms with Gasteiger partial charge in [0.15, 0.2) is 0 Å². The molecule has 2 amide bonds. The summed E-state index contributed by atoms with van der Waals surface area (Å²) < 4.78 is 0. The van der Waals surface area contributed by atoms with Crippen LogP contribution in [0.1, 0.15) is 17.7 Å². The van der Waals surface area contributed by atoms with Gasteiger partial charge in [0, 0.05) is 11.9 Å². The normalized spacial score (nSPS) is 10.5. The molecule has 1 rings (SSSR count). The van der Waals surface area contributed by atoms with E-state index in [0.29, 0.717) is 0 Å². The molecule has 100 valence electrons. The van der Waals surface area contributed by atoms with Crippen LogP contribution in [0.25, 0.3) is 0 Å². The quantitative estimate of drug-likeness (QED) is 0.426. The Labute approximate surface area is 111 Å². The first-order valence-corrected chi connectivity index (χ1v) is 5.79. The van der Waals surface area contributed by atoms with Gasteiger partial charge >= 0.3 is 6.03 Å². The number of aromatic nitrogens is 1. The molecule has 0 saturated carbocycles. The summed E-state index contributed by atoms with van der Waals surface area (Å²) in [5, 5.41) is 2.14. The Bertz CT molecular complexity index is 530. The van der Waals surface area contributed by atoms with Gasteiger partial charge in [0.05, 0.1) is 6.20 Å². The summed E-state index contributed by atoms with van der Waals surface area (Å²) in [5.74, 6) is -0.0611. The van der Waals surface area contributed by atoms with Crippen LogP contribution in [0.2, 0.25) is 0 Å². The average Bonchev–Trinajstić information content (AvgIpc) is 2.34. The smallest absolute Gasteiger partial charge is 0.318 e. The number of rotatable bonds is 4. The predicted molar refractivity (Wildman–Crippen MR) is 74.3 cm³/mol. The second kappa shape index (κ2) is 7.68. The number of guanidine groups is 1. The minimum atomic E-state index is -0.746. The molecule has 0 saturated heterocycles. The van der Waals surface area contributed by atoms with Crippen LogP contribution in [0.5, 0.6) is 0 Å². The summed E-state index contributed by atoms with van der Waals surface area (Å²) in [6.07, 6.45) is 6.62. The maximum atomic E-state index is 10.4. The first-order valence-electron chi connectivity index (χ1n) is 5.79. The third-order valence-corrected chi connectivity index (χ3v) is 2.29. The zero-order chi connectivity index (χ0) is 14.1. The Kier molecular flexibility index (Phi) is 5.85. The number of amides is 2. The molecule has 0 atom stereocenters. The Hall–Kier alpha value is -2.59. The van der Waals surface area contributed by atoms with Crippen molar-refractivity contribution in [3.05, 3.63) is 47.6 Å². The molecule has 6 heteroatoms. The number of aryl methyl sites for hydroxylation is 2. The summed E-state index contributed by atoms with van der Waals surface area (Å²) in [6.45, 7) is 2.03. The molecule has 1 heterocycles. The summed E-state index contributed by atoms with van der Waals surface area (Å²) >= 11 is 0. The number of allylic oxidation sites excluding steroid dienone is 1. The average molecular weight is 259 g/mol. The Balaban J connectivity index is 2.42. The van der Waals surface area contributed by atoms with Gasteiger partial charge in [-0.15, -0.1) is 5.73 Å². The molecule has 0 aromatic carbocycles. The standard InChI is InChI=1S/C13H17N5O/c1-10-6-5-9-16-11(10)7-3-2-4-8-17-12(14)18-13(15)19/h2,5-6,8-9H,3,7H2,1H3,(H5,14,15,17,18,19). The molecule has 0 aliphatic carbocycles. The summed E-state index contributed by atoms with van der Waals surface area (Å²) in [4.78, 5) is 18.5. The Morgan fingerprint density at radius 1 is 1.58 bits per heavy atom. The van der Waals surface area contributed by atoms with E-state index in [1.165, 1.54) is 11.8 Å². The molecule has 0 aliphatic heterocycles. The molecule has 0 aliphatic rings. The van der Waals surface area contributed by atoms with Crippen molar-refractivity contribution >= 4 is 12.0 Å². The van der Waals surface area contributed by atoms with Gasteiger partial charge in [-0.3, -0.25) is 10.3 Å². The number of carbonyl (C=O) groups excluding carboxylic acids is 1. The van der Waals surface area contributed by atoms with Crippen molar-refractivity contribution in [3.8, 4) is 0 Å². The van der Waals surface area contributed by atoms with E-state index >= 15 is 0 Å². The highest BCUT2D eigenvalue weighted by molar-refractivity contribution is 5.94. The predicted octanol–water partition coefficient (Wildman–Crippen LogP) is 0.974. The van der Waals surface area contributed by atoms with Crippen molar-refractivity contribution < 1.29 is 4.79 Å². The van der Waals surface area contributed by atoms with Gasteiger partial charge in [-0.25, -0.2) is 9.79 Å². The SMILES string of the molecule is Cc1cccnc1CCC=C=CN=C(N)NC(N)=O. The van der Waals surface area contributed by atoms with E-state index in [1.54, 1.807) is 6.20 Å². The van der Waals surface area contributed by atoms with E-state index in [2.05, 4.69) is 21.0 Å². The molecule has 0 unspecified atom stereocenters. The number of urea groups is 1. The van der Waals surface area contributed by atoms with Crippen LogP contribution in [0.3, 0.4) is 0 Å². The second-order valence-corrected chi connectivity index (χ2v) is 3.81. The van der Waals surface area contributed by atoms with Gasteiger partial charge in [0.1, 0.15) is 0 Å². The van der Waals surface area contributed by atoms with E-state index in [0.717, 1.165) is 18.5 Å². The summed E-state index contributed by atoms with van der Waals surface area (Å²) in [7, 11) is 0. The molecule has 1 aromatic heterocycles. The maximum Gasteiger partial charge on any atom is 0.318 e. The van der Waals surface area contributed by atoms with Crippen molar-refractivity contribution in [2.24, 2.45) is 16.5 Å². The minimum absolute atomic E-state index is 0.0611. The van der Waals surface area contributed by atoms with Crippen molar-refractivity contribution in [2.75, 3.05) is 0 Å². The zero-order valence-corrected chi connectivity index (χ0v) is 10.8. The fraction of sp³-hybridized carbons (Fsp3) is 0.231. The molecule has 5 N–H and O–H groups in total. The van der Waals surface area contributed by atoms with Crippen LogP contribution in [-0.4, -0.2) is 17.0 Å². The van der Waals surface area contributed by atoms with Gasteiger partial charge in [-0.2, -0.15) is 0 Å². The second-order valence-electron chi connectivity index (χ2n) is 3.81. The topological polar surface area (TPSA) is 106 Å². The zero-order valence-electron chi connectivity index (χ0n) is 10.8. The monoisotopic (exact) mass is 259 g/mol. The van der Waals surface area contributed by atoms with E-state index in [9.17, 15) is 4.79 Å². The summed E-state index contributed by atoms with van der Waals surface area (Å²) in [5.41, 5.74) is 15.3. The van der Waals surface area contributed by atoms with Crippen LogP contribution >= 0.6 is 0 Å². The lowest BCUT2D eigenvalue weighted by Crippen LogP contribution is -2.39. The highest BCUT2D eigenvalue weighted by Crippen LogP contribution is 2.05. The fourth-order valence-electron chi connectivity index (χ4n) is 1.39. The largest absolute Gasteiger partial charge is 0.369 e. The Morgan fingerprint density at radius 3 is 3.05 bits per heavy atom. The number of hydrogen-bond donors (Lipinski definition) is 3. The highest BCUT2D eigenvalue weighted by atomic mass is 16.2. The minimum Gasteiger partial charge on any atom is -0.369 e. The maximum absolute atomic E-state index is 10.4. The number of pyridine rings is 1. The number of primary amides is 1. The lowest BCUT2D eigenvalue weighted by Gasteiger charge is -2.00. The number of nitrogens with two attached hydrogens (primary N) is 2. The van der Waals surface area contributed by atoms with Crippen LogP contribution in [0.4, 0.5) is 4.79 Å². The van der Waals surface area contributed by atoms with Gasteiger partial charge in [0.2, 0.25) is 5.96 Å². The molecule has 1 aromatic rings. The molecular formula is C13H17N5O. The van der Waals surface area contributed by atoms with Crippen molar-refractivity contribution in [1.82, 2.24) is 10.3 Å². The fourth-order valence-corrected chi connectivity index (χ4v) is 1.39. The third kappa shape index (κ3) is 6.05. The lowest BCUT2D eigenvalue weighted by atomic mass is 10.1. The van der Waals surface area contributed by atoms with Gasteiger partial charge in [-0.05, 0) is 37.5 Å². The van der Waals surface area contributed by atoms with E-state index < -0.39 is 6.03 Å². The van der Waals surface area contributed by atoms with Crippen LogP contribution in [0, 0.1) is 6.92 Å². The Morgan fingerprint density at radius 2 is 2.37 bits per heavy atom. The number of nitrogens with one attached hydrogen (secondary N) is 1. The molecule has 0 spiro atoms. The van der Waals surface area contributed by atoms with E-state index in [-0.39, 0.29) is 5.96 Å². The highest BCUT2D eigenvalue weighted by Gasteiger charge is 1.95. The molecule has 0 fully saturated rings. The van der Waals surface area contributed by atoms with Crippen LogP contribution in [0.15, 0.2) is 41.3 Å². The number of carbonyl (C=O) groups is 1. The number of nitrogens with zero attached hydrogens (tertiary/aromatic N) is 2. The van der Waals surface area contributed by atoms with Gasteiger partial charge in [0.25, 0.3) is 0 Å². The van der Waals surface area contributed by atoms with E-state index in [1.807, 2.05) is 25.1 Å². The molecule has 6 nitrogen and oxygen atoms in total. The van der Waals surface area contributed by atoms with Gasteiger partial charge in [-0.1, -0.05) is 6.07 Å². The first kappa shape index (κ1) is 14.5. The summed E-state index contributed by atoms with van der Waals surface area (Å²) in [6, 6.07) is 3.20. The number of aliphatic imine (C=N–C) groups is 1. The van der Waals surface area contributed by atoms with Crippen molar-refractivity contribution in [1.29, 1.82) is 0 Å². The lowest BCUT2D eigenvalue weighted by molar-refractivity contribution is 0.253. The van der Waals surface area contributed by atoms with Gasteiger partial charge < -0.3 is 11.5 Å². The van der Waals surface area contributed by atoms with Crippen LogP contribution in [-0.2, 0) is 6.42 Å². The van der Waals surface area contributed by atoms with E-state index in [4.69, 9.17) is 11.5 Å². The number of hydrogen-bond acceptors (Lipinski definition) is 3. The first-order chi connectivity index (χ1) is 9.09. The third-order valence-electron chi connectivity index (χ3n) is 2.29. The van der Waals surface area contributed by atoms with Crippen molar-refractivity contribution in [2.45, 2.75) is 19.8 Å². The molecule has 0 radical (unpaired) electrons. The molecular weight excluding hydrogens is 242 g/mol. The molecule has 19 heavy (non-hydrogen) atoms. The van der Waals surface area contributed by atoms with Crippen LogP contribution < -0.4 is 16.8 Å². The van der Waals surface area contributed by atoms with Crippen molar-refractivity contribution in [3.63, 3.8) is 0 Å². The molecule has 0 bridgehead atoms.